The molecule has 0 aliphatic carbocycles. The summed E-state index contributed by atoms with van der Waals surface area (Å²) in [5, 5.41) is 5.91. The van der Waals surface area contributed by atoms with Gasteiger partial charge >= 0.3 is 0 Å². The van der Waals surface area contributed by atoms with Gasteiger partial charge in [0.15, 0.2) is 0 Å². The number of hydrogen-bond donors (Lipinski definition) is 2. The van der Waals surface area contributed by atoms with Crippen molar-refractivity contribution in [2.24, 2.45) is 5.92 Å². The fourth-order valence-corrected chi connectivity index (χ4v) is 2.49. The summed E-state index contributed by atoms with van der Waals surface area (Å²) in [5.74, 6) is -1.94. The number of rotatable bonds is 5. The molecule has 2 aromatic rings. The highest BCUT2D eigenvalue weighted by Gasteiger charge is 2.25. The van der Waals surface area contributed by atoms with Gasteiger partial charge < -0.3 is 10.6 Å². The number of carbonyl (C=O) groups excluding carboxylic acids is 2. The average molecular weight is 383 g/mol. The Balaban J connectivity index is 2.14. The van der Waals surface area contributed by atoms with Crippen LogP contribution in [0.4, 0.5) is 10.1 Å². The summed E-state index contributed by atoms with van der Waals surface area (Å²) in [7, 11) is 0. The molecule has 0 aliphatic rings. The molecule has 0 saturated heterocycles. The van der Waals surface area contributed by atoms with Crippen LogP contribution in [0.3, 0.4) is 0 Å². The van der Waals surface area contributed by atoms with Gasteiger partial charge in [-0.05, 0) is 36.2 Å². The minimum absolute atomic E-state index is 0.115. The summed E-state index contributed by atoms with van der Waals surface area (Å²) in [5.41, 5.74) is 0.334. The first-order valence-corrected chi connectivity index (χ1v) is 8.36. The van der Waals surface area contributed by atoms with Gasteiger partial charge in [-0.3, -0.25) is 9.59 Å². The summed E-state index contributed by atoms with van der Waals surface area (Å²) in [4.78, 5) is 24.8. The number of halogens is 3. The van der Waals surface area contributed by atoms with E-state index in [2.05, 4.69) is 10.6 Å². The van der Waals surface area contributed by atoms with Crippen LogP contribution in [0.1, 0.15) is 24.2 Å². The number of amides is 2. The summed E-state index contributed by atoms with van der Waals surface area (Å²) < 4.78 is 13.7. The lowest BCUT2D eigenvalue weighted by molar-refractivity contribution is -0.118. The maximum atomic E-state index is 13.7. The number of carbonyl (C=O) groups is 2. The molecule has 0 spiro atoms. The molecular formula is C18H17Cl2FN2O2. The molecule has 2 aromatic carbocycles. The minimum atomic E-state index is -0.846. The molecule has 0 radical (unpaired) electrons. The van der Waals surface area contributed by atoms with Crippen molar-refractivity contribution < 1.29 is 14.0 Å². The van der Waals surface area contributed by atoms with E-state index in [9.17, 15) is 14.0 Å². The number of benzene rings is 2. The first-order chi connectivity index (χ1) is 11.8. The Kier molecular flexibility index (Phi) is 6.39. The van der Waals surface area contributed by atoms with Crippen LogP contribution in [0.2, 0.25) is 10.0 Å². The van der Waals surface area contributed by atoms with E-state index < -0.39 is 23.7 Å². The molecule has 7 heteroatoms. The molecular weight excluding hydrogens is 366 g/mol. The van der Waals surface area contributed by atoms with Crippen molar-refractivity contribution in [1.29, 1.82) is 0 Å². The molecule has 25 heavy (non-hydrogen) atoms. The zero-order valence-corrected chi connectivity index (χ0v) is 15.2. The van der Waals surface area contributed by atoms with Crippen LogP contribution in [0, 0.1) is 11.7 Å². The predicted octanol–water partition coefficient (Wildman–Crippen LogP) is 4.53. The molecule has 2 rings (SSSR count). The molecule has 4 nitrogen and oxygen atoms in total. The van der Waals surface area contributed by atoms with Crippen molar-refractivity contribution in [3.8, 4) is 0 Å². The Hall–Kier alpha value is -2.11. The molecule has 0 unspecified atom stereocenters. The molecule has 0 fully saturated rings. The van der Waals surface area contributed by atoms with E-state index in [0.717, 1.165) is 0 Å². The van der Waals surface area contributed by atoms with Gasteiger partial charge in [0.05, 0.1) is 15.6 Å². The first kappa shape index (κ1) is 19.2. The minimum Gasteiger partial charge on any atom is -0.340 e. The molecule has 1 atom stereocenters. The average Bonchev–Trinajstić information content (AvgIpc) is 2.55. The zero-order valence-electron chi connectivity index (χ0n) is 13.6. The highest BCUT2D eigenvalue weighted by atomic mass is 35.5. The summed E-state index contributed by atoms with van der Waals surface area (Å²) >= 11 is 11.8. The highest BCUT2D eigenvalue weighted by Crippen LogP contribution is 2.25. The Bertz CT molecular complexity index is 796. The van der Waals surface area contributed by atoms with Crippen LogP contribution in [-0.4, -0.2) is 17.9 Å². The van der Waals surface area contributed by atoms with Gasteiger partial charge in [-0.2, -0.15) is 0 Å². The van der Waals surface area contributed by atoms with Crippen molar-refractivity contribution in [2.75, 3.05) is 5.32 Å². The van der Waals surface area contributed by atoms with Gasteiger partial charge in [0.2, 0.25) is 5.91 Å². The number of hydrogen-bond acceptors (Lipinski definition) is 2. The van der Waals surface area contributed by atoms with E-state index in [4.69, 9.17) is 23.2 Å². The predicted molar refractivity (Wildman–Crippen MR) is 97.6 cm³/mol. The largest absolute Gasteiger partial charge is 0.340 e. The van der Waals surface area contributed by atoms with Gasteiger partial charge in [-0.1, -0.05) is 49.2 Å². The van der Waals surface area contributed by atoms with Gasteiger partial charge in [0.1, 0.15) is 11.9 Å². The third-order valence-corrected chi connectivity index (χ3v) is 4.28. The van der Waals surface area contributed by atoms with Crippen LogP contribution >= 0.6 is 23.2 Å². The van der Waals surface area contributed by atoms with E-state index >= 15 is 0 Å². The van der Waals surface area contributed by atoms with E-state index in [1.807, 2.05) is 0 Å². The second kappa shape index (κ2) is 8.32. The quantitative estimate of drug-likeness (QED) is 0.797. The topological polar surface area (TPSA) is 58.2 Å². The molecule has 0 heterocycles. The van der Waals surface area contributed by atoms with Gasteiger partial charge in [-0.25, -0.2) is 4.39 Å². The Morgan fingerprint density at radius 1 is 1.04 bits per heavy atom. The second-order valence-electron chi connectivity index (χ2n) is 5.79. The Morgan fingerprint density at radius 2 is 1.72 bits per heavy atom. The normalized spacial score (nSPS) is 11.9. The van der Waals surface area contributed by atoms with Crippen molar-refractivity contribution >= 4 is 40.7 Å². The summed E-state index contributed by atoms with van der Waals surface area (Å²) in [6.45, 7) is 3.56. The lowest BCUT2D eigenvalue weighted by atomic mass is 10.0. The molecule has 0 aliphatic heterocycles. The molecule has 0 aromatic heterocycles. The third kappa shape index (κ3) is 4.94. The van der Waals surface area contributed by atoms with Gasteiger partial charge in [-0.15, -0.1) is 0 Å². The van der Waals surface area contributed by atoms with E-state index in [1.54, 1.807) is 32.0 Å². The van der Waals surface area contributed by atoms with Gasteiger partial charge in [0.25, 0.3) is 5.91 Å². The van der Waals surface area contributed by atoms with Crippen LogP contribution in [-0.2, 0) is 4.79 Å². The fourth-order valence-electron chi connectivity index (χ4n) is 2.19. The Labute approximate surface area is 155 Å². The fraction of sp³-hybridized carbons (Fsp3) is 0.222. The van der Waals surface area contributed by atoms with Crippen molar-refractivity contribution in [2.45, 2.75) is 19.9 Å². The van der Waals surface area contributed by atoms with Crippen LogP contribution in [0.15, 0.2) is 42.5 Å². The maximum absolute atomic E-state index is 13.7. The van der Waals surface area contributed by atoms with E-state index in [0.29, 0.717) is 15.7 Å². The van der Waals surface area contributed by atoms with Crippen LogP contribution < -0.4 is 10.6 Å². The zero-order chi connectivity index (χ0) is 18.6. The van der Waals surface area contributed by atoms with E-state index in [-0.39, 0.29) is 11.5 Å². The number of anilines is 1. The SMILES string of the molecule is CC(C)[C@H](NC(=O)c1ccccc1F)C(=O)Nc1ccc(Cl)c(Cl)c1. The lowest BCUT2D eigenvalue weighted by Gasteiger charge is -2.22. The highest BCUT2D eigenvalue weighted by molar-refractivity contribution is 6.42. The molecule has 132 valence electrons. The maximum Gasteiger partial charge on any atom is 0.254 e. The van der Waals surface area contributed by atoms with Crippen LogP contribution in [0.25, 0.3) is 0 Å². The monoisotopic (exact) mass is 382 g/mol. The molecule has 2 amide bonds. The smallest absolute Gasteiger partial charge is 0.254 e. The van der Waals surface area contributed by atoms with Gasteiger partial charge in [0, 0.05) is 5.69 Å². The van der Waals surface area contributed by atoms with Crippen molar-refractivity contribution in [3.05, 3.63) is 63.9 Å². The first-order valence-electron chi connectivity index (χ1n) is 7.61. The molecule has 2 N–H and O–H groups in total. The lowest BCUT2D eigenvalue weighted by Crippen LogP contribution is -2.47. The number of nitrogens with one attached hydrogen (secondary N) is 2. The molecule has 0 saturated carbocycles. The Morgan fingerprint density at radius 3 is 2.32 bits per heavy atom. The summed E-state index contributed by atoms with van der Waals surface area (Å²) in [6, 6.07) is 9.42. The molecule has 0 bridgehead atoms. The van der Waals surface area contributed by atoms with Crippen molar-refractivity contribution in [3.63, 3.8) is 0 Å². The van der Waals surface area contributed by atoms with Crippen LogP contribution in [0.5, 0.6) is 0 Å². The van der Waals surface area contributed by atoms with Crippen molar-refractivity contribution in [1.82, 2.24) is 5.32 Å². The second-order valence-corrected chi connectivity index (χ2v) is 6.61. The van der Waals surface area contributed by atoms with E-state index in [1.165, 1.54) is 24.3 Å². The third-order valence-electron chi connectivity index (χ3n) is 3.54. The summed E-state index contributed by atoms with van der Waals surface area (Å²) in [6.07, 6.45) is 0. The standard InChI is InChI=1S/C18H17Cl2FN2O2/c1-10(2)16(23-17(24)12-5-3-4-6-15(12)21)18(25)22-11-7-8-13(19)14(20)9-11/h3-10,16H,1-2H3,(H,22,25)(H,23,24)/t16-/m0/s1.